The fraction of sp³-hybridized carbons (Fsp3) is 0. The van der Waals surface area contributed by atoms with Crippen LogP contribution in [0.3, 0.4) is 0 Å². The van der Waals surface area contributed by atoms with Crippen LogP contribution >= 0.6 is 11.6 Å². The lowest BCUT2D eigenvalue weighted by Crippen LogP contribution is -1.93. The highest BCUT2D eigenvalue weighted by Gasteiger charge is 2.11. The van der Waals surface area contributed by atoms with Gasteiger partial charge in [-0.1, -0.05) is 60.7 Å². The van der Waals surface area contributed by atoms with E-state index in [0.717, 1.165) is 16.3 Å². The lowest BCUT2D eigenvalue weighted by molar-refractivity contribution is 1.06. The molecule has 0 fully saturated rings. The monoisotopic (exact) mass is 317 g/mol. The number of hydrogen-bond donors (Lipinski definition) is 0. The normalized spacial score (nSPS) is 10.8. The SMILES string of the molecule is Clc1ncnc(-c2ccc(-c3ccccc3)c3ccccc23)n1. The van der Waals surface area contributed by atoms with Crippen LogP contribution in [0.1, 0.15) is 0 Å². The van der Waals surface area contributed by atoms with Gasteiger partial charge >= 0.3 is 0 Å². The van der Waals surface area contributed by atoms with Crippen molar-refractivity contribution in [3.63, 3.8) is 0 Å². The van der Waals surface area contributed by atoms with E-state index >= 15 is 0 Å². The minimum Gasteiger partial charge on any atom is -0.216 e. The van der Waals surface area contributed by atoms with Crippen molar-refractivity contribution in [1.29, 1.82) is 0 Å². The van der Waals surface area contributed by atoms with Crippen molar-refractivity contribution >= 4 is 22.4 Å². The summed E-state index contributed by atoms with van der Waals surface area (Å²) >= 11 is 5.91. The Balaban J connectivity index is 2.00. The Bertz CT molecular complexity index is 984. The van der Waals surface area contributed by atoms with Crippen LogP contribution in [0.25, 0.3) is 33.3 Å². The van der Waals surface area contributed by atoms with Gasteiger partial charge in [0, 0.05) is 5.56 Å². The Morgan fingerprint density at radius 2 is 1.30 bits per heavy atom. The zero-order chi connectivity index (χ0) is 15.6. The van der Waals surface area contributed by atoms with Gasteiger partial charge < -0.3 is 0 Å². The summed E-state index contributed by atoms with van der Waals surface area (Å²) in [5.41, 5.74) is 3.32. The van der Waals surface area contributed by atoms with Crippen molar-refractivity contribution in [1.82, 2.24) is 15.0 Å². The number of halogens is 1. The quantitative estimate of drug-likeness (QED) is 0.521. The molecule has 0 bridgehead atoms. The molecule has 3 nitrogen and oxygen atoms in total. The molecule has 0 aliphatic carbocycles. The first-order valence-electron chi connectivity index (χ1n) is 7.25. The number of rotatable bonds is 2. The molecule has 23 heavy (non-hydrogen) atoms. The highest BCUT2D eigenvalue weighted by molar-refractivity contribution is 6.28. The van der Waals surface area contributed by atoms with Crippen molar-refractivity contribution in [2.75, 3.05) is 0 Å². The van der Waals surface area contributed by atoms with E-state index in [1.54, 1.807) is 0 Å². The Kier molecular flexibility index (Phi) is 3.48. The summed E-state index contributed by atoms with van der Waals surface area (Å²) in [7, 11) is 0. The van der Waals surface area contributed by atoms with Gasteiger partial charge in [-0.3, -0.25) is 0 Å². The highest BCUT2D eigenvalue weighted by Crippen LogP contribution is 2.34. The number of hydrogen-bond acceptors (Lipinski definition) is 3. The largest absolute Gasteiger partial charge is 0.225 e. The summed E-state index contributed by atoms with van der Waals surface area (Å²) in [5, 5.41) is 2.45. The van der Waals surface area contributed by atoms with Crippen LogP contribution in [0.5, 0.6) is 0 Å². The molecule has 0 aliphatic rings. The maximum atomic E-state index is 5.91. The van der Waals surface area contributed by atoms with Crippen molar-refractivity contribution < 1.29 is 0 Å². The maximum Gasteiger partial charge on any atom is 0.225 e. The van der Waals surface area contributed by atoms with E-state index < -0.39 is 0 Å². The molecule has 110 valence electrons. The highest BCUT2D eigenvalue weighted by atomic mass is 35.5. The Hall–Kier alpha value is -2.78. The summed E-state index contributed by atoms with van der Waals surface area (Å²) in [4.78, 5) is 12.3. The van der Waals surface area contributed by atoms with Gasteiger partial charge in [0.2, 0.25) is 5.28 Å². The van der Waals surface area contributed by atoms with Crippen LogP contribution in [0.4, 0.5) is 0 Å². The first kappa shape index (κ1) is 13.9. The average molecular weight is 318 g/mol. The van der Waals surface area contributed by atoms with Crippen LogP contribution in [-0.4, -0.2) is 15.0 Å². The molecule has 0 spiro atoms. The smallest absolute Gasteiger partial charge is 0.216 e. The summed E-state index contributed by atoms with van der Waals surface area (Å²) in [6, 6.07) is 22.7. The summed E-state index contributed by atoms with van der Waals surface area (Å²) in [5.74, 6) is 0.584. The molecule has 0 aliphatic heterocycles. The van der Waals surface area contributed by atoms with Crippen LogP contribution in [0.15, 0.2) is 73.1 Å². The topological polar surface area (TPSA) is 38.7 Å². The third-order valence-electron chi connectivity index (χ3n) is 3.79. The zero-order valence-corrected chi connectivity index (χ0v) is 12.9. The molecular formula is C19H12ClN3. The molecule has 0 N–H and O–H groups in total. The van der Waals surface area contributed by atoms with Gasteiger partial charge in [0.25, 0.3) is 0 Å². The van der Waals surface area contributed by atoms with Crippen LogP contribution in [0.2, 0.25) is 5.28 Å². The molecular weight excluding hydrogens is 306 g/mol. The lowest BCUT2D eigenvalue weighted by Gasteiger charge is -2.11. The van der Waals surface area contributed by atoms with Gasteiger partial charge in [-0.25, -0.2) is 9.97 Å². The number of benzene rings is 3. The molecule has 4 heteroatoms. The van der Waals surface area contributed by atoms with Crippen molar-refractivity contribution in [3.8, 4) is 22.5 Å². The van der Waals surface area contributed by atoms with Crippen LogP contribution in [0, 0.1) is 0 Å². The second kappa shape index (κ2) is 5.78. The van der Waals surface area contributed by atoms with E-state index in [4.69, 9.17) is 11.6 Å². The van der Waals surface area contributed by atoms with E-state index in [2.05, 4.69) is 45.3 Å². The number of fused-ring (bicyclic) bond motifs is 1. The molecule has 0 amide bonds. The maximum absolute atomic E-state index is 5.91. The van der Waals surface area contributed by atoms with Gasteiger partial charge in [-0.05, 0) is 39.6 Å². The lowest BCUT2D eigenvalue weighted by atomic mass is 9.95. The summed E-state index contributed by atoms with van der Waals surface area (Å²) in [6.07, 6.45) is 1.44. The van der Waals surface area contributed by atoms with Gasteiger partial charge in [0.05, 0.1) is 0 Å². The average Bonchev–Trinajstić information content (AvgIpc) is 2.61. The third-order valence-corrected chi connectivity index (χ3v) is 3.97. The molecule has 4 rings (SSSR count). The molecule has 1 aromatic heterocycles. The minimum absolute atomic E-state index is 0.200. The van der Waals surface area contributed by atoms with Crippen molar-refractivity contribution in [2.45, 2.75) is 0 Å². The number of nitrogens with zero attached hydrogens (tertiary/aromatic N) is 3. The zero-order valence-electron chi connectivity index (χ0n) is 12.1. The third kappa shape index (κ3) is 2.56. The summed E-state index contributed by atoms with van der Waals surface area (Å²) < 4.78 is 0. The predicted octanol–water partition coefficient (Wildman–Crippen LogP) is 5.01. The molecule has 0 saturated carbocycles. The van der Waals surface area contributed by atoms with Gasteiger partial charge in [0.1, 0.15) is 6.33 Å². The van der Waals surface area contributed by atoms with E-state index in [-0.39, 0.29) is 5.28 Å². The Morgan fingerprint density at radius 1 is 0.652 bits per heavy atom. The predicted molar refractivity (Wildman–Crippen MR) is 93.2 cm³/mol. The fourth-order valence-corrected chi connectivity index (χ4v) is 2.89. The van der Waals surface area contributed by atoms with Gasteiger partial charge in [-0.15, -0.1) is 0 Å². The van der Waals surface area contributed by atoms with E-state index in [9.17, 15) is 0 Å². The summed E-state index contributed by atoms with van der Waals surface area (Å²) in [6.45, 7) is 0. The molecule has 3 aromatic carbocycles. The van der Waals surface area contributed by atoms with Gasteiger partial charge in [-0.2, -0.15) is 4.98 Å². The Labute approximate surface area is 138 Å². The molecule has 0 unspecified atom stereocenters. The molecule has 1 heterocycles. The van der Waals surface area contributed by atoms with E-state index in [0.29, 0.717) is 5.82 Å². The standard InChI is InChI=1S/C19H12ClN3/c20-19-22-12-21-18(23-19)17-11-10-14(13-6-2-1-3-7-13)15-8-4-5-9-16(15)17/h1-12H. The molecule has 4 aromatic rings. The number of aromatic nitrogens is 3. The van der Waals surface area contributed by atoms with Crippen molar-refractivity contribution in [3.05, 3.63) is 78.3 Å². The van der Waals surface area contributed by atoms with E-state index in [1.807, 2.05) is 36.4 Å². The van der Waals surface area contributed by atoms with Crippen molar-refractivity contribution in [2.24, 2.45) is 0 Å². The molecule has 0 radical (unpaired) electrons. The first-order chi connectivity index (χ1) is 11.3. The molecule has 0 saturated heterocycles. The Morgan fingerprint density at radius 3 is 2.04 bits per heavy atom. The van der Waals surface area contributed by atoms with Crippen LogP contribution in [-0.2, 0) is 0 Å². The molecule has 0 atom stereocenters. The van der Waals surface area contributed by atoms with Gasteiger partial charge in [0.15, 0.2) is 5.82 Å². The van der Waals surface area contributed by atoms with E-state index in [1.165, 1.54) is 17.5 Å². The minimum atomic E-state index is 0.200. The first-order valence-corrected chi connectivity index (χ1v) is 7.63. The van der Waals surface area contributed by atoms with Crippen LogP contribution < -0.4 is 0 Å². The fourth-order valence-electron chi connectivity index (χ4n) is 2.77. The second-order valence-corrected chi connectivity index (χ2v) is 5.49. The second-order valence-electron chi connectivity index (χ2n) is 5.15.